The van der Waals surface area contributed by atoms with Crippen LogP contribution in [0.1, 0.15) is 20.8 Å². The predicted octanol–water partition coefficient (Wildman–Crippen LogP) is 0.0142. The Bertz CT molecular complexity index is 576. The van der Waals surface area contributed by atoms with Crippen molar-refractivity contribution in [2.24, 2.45) is 0 Å². The van der Waals surface area contributed by atoms with Gasteiger partial charge in [-0.25, -0.2) is 0 Å². The van der Waals surface area contributed by atoms with Gasteiger partial charge in [0.2, 0.25) is 0 Å². The molecule has 4 fully saturated rings. The van der Waals surface area contributed by atoms with Gasteiger partial charge < -0.3 is 14.2 Å². The fraction of sp³-hybridized carbons (Fsp3) is 1.00. The van der Waals surface area contributed by atoms with Gasteiger partial charge in [0, 0.05) is 6.54 Å². The van der Waals surface area contributed by atoms with E-state index in [9.17, 15) is 8.42 Å². The Labute approximate surface area is 128 Å². The van der Waals surface area contributed by atoms with Crippen molar-refractivity contribution in [2.75, 3.05) is 18.1 Å². The first-order valence-corrected chi connectivity index (χ1v) is 9.63. The maximum absolute atomic E-state index is 12.2. The van der Waals surface area contributed by atoms with Crippen LogP contribution in [0.15, 0.2) is 0 Å². The summed E-state index contributed by atoms with van der Waals surface area (Å²) in [5.41, 5.74) is -1.05. The van der Waals surface area contributed by atoms with E-state index in [1.54, 1.807) is 25.6 Å². The van der Waals surface area contributed by atoms with Gasteiger partial charge in [-0.2, -0.15) is 8.42 Å². The zero-order chi connectivity index (χ0) is 15.1. The Morgan fingerprint density at radius 2 is 2.10 bits per heavy atom. The van der Waals surface area contributed by atoms with Crippen molar-refractivity contribution >= 4 is 21.9 Å². The number of hydrogen-bond acceptors (Lipinski definition) is 8. The van der Waals surface area contributed by atoms with E-state index in [1.807, 2.05) is 6.92 Å². The van der Waals surface area contributed by atoms with E-state index in [-0.39, 0.29) is 11.9 Å². The van der Waals surface area contributed by atoms with Gasteiger partial charge in [0.05, 0.1) is 0 Å². The molecule has 0 amide bonds. The molecule has 0 saturated carbocycles. The summed E-state index contributed by atoms with van der Waals surface area (Å²) in [6.07, 6.45) is -1.53. The van der Waals surface area contributed by atoms with Crippen LogP contribution in [-0.4, -0.2) is 61.2 Å². The smallest absolute Gasteiger partial charge is 0.270 e. The van der Waals surface area contributed by atoms with E-state index in [2.05, 4.69) is 5.32 Å². The first-order valence-electron chi connectivity index (χ1n) is 7.07. The van der Waals surface area contributed by atoms with Crippen molar-refractivity contribution in [1.82, 2.24) is 5.32 Å². The summed E-state index contributed by atoms with van der Waals surface area (Å²) in [5.74, 6) is -0.122. The number of rotatable bonds is 2. The topological polar surface area (TPSA) is 83.1 Å². The van der Waals surface area contributed by atoms with Crippen molar-refractivity contribution < 1.29 is 26.8 Å². The second kappa shape index (κ2) is 4.14. The van der Waals surface area contributed by atoms with Crippen molar-refractivity contribution in [3.05, 3.63) is 0 Å². The number of hydrogen-bond donors (Lipinski definition) is 1. The summed E-state index contributed by atoms with van der Waals surface area (Å²) in [6, 6.07) is 0. The molecule has 5 atom stereocenters. The molecule has 0 radical (unpaired) electrons. The molecule has 0 bridgehead atoms. The maximum atomic E-state index is 12.2. The van der Waals surface area contributed by atoms with Crippen molar-refractivity contribution in [3.63, 3.8) is 0 Å². The molecular formula is C12H19NO6S2. The third-order valence-corrected chi connectivity index (χ3v) is 7.39. The molecule has 21 heavy (non-hydrogen) atoms. The molecule has 4 saturated heterocycles. The molecule has 7 nitrogen and oxygen atoms in total. The van der Waals surface area contributed by atoms with Crippen LogP contribution in [0.3, 0.4) is 0 Å². The predicted molar refractivity (Wildman–Crippen MR) is 75.2 cm³/mol. The number of nitrogens with one attached hydrogen (secondary N) is 1. The average Bonchev–Trinajstić information content (AvgIpc) is 2.92. The van der Waals surface area contributed by atoms with Gasteiger partial charge in [0.15, 0.2) is 17.7 Å². The highest BCUT2D eigenvalue weighted by Crippen LogP contribution is 2.59. The Kier molecular flexibility index (Phi) is 2.89. The van der Waals surface area contributed by atoms with Gasteiger partial charge in [0.25, 0.3) is 10.1 Å². The van der Waals surface area contributed by atoms with E-state index < -0.39 is 38.8 Å². The molecule has 4 heterocycles. The molecule has 4 rings (SSSR count). The Morgan fingerprint density at radius 3 is 2.81 bits per heavy atom. The lowest BCUT2D eigenvalue weighted by Gasteiger charge is -2.38. The fourth-order valence-electron chi connectivity index (χ4n) is 3.92. The van der Waals surface area contributed by atoms with Gasteiger partial charge in [-0.3, -0.25) is 9.50 Å². The molecule has 1 spiro atoms. The number of ether oxygens (including phenoxy) is 3. The zero-order valence-electron chi connectivity index (χ0n) is 12.1. The monoisotopic (exact) mass is 337 g/mol. The Morgan fingerprint density at radius 1 is 1.33 bits per heavy atom. The van der Waals surface area contributed by atoms with Crippen LogP contribution >= 0.6 is 11.8 Å². The minimum absolute atomic E-state index is 0.0780. The second-order valence-corrected chi connectivity index (χ2v) is 9.40. The van der Waals surface area contributed by atoms with Gasteiger partial charge in [0.1, 0.15) is 22.8 Å². The number of thioether (sulfide) groups is 1. The Hall–Kier alpha value is 0.1000. The summed E-state index contributed by atoms with van der Waals surface area (Å²) in [6.45, 7) is 6.11. The molecule has 0 unspecified atom stereocenters. The van der Waals surface area contributed by atoms with Crippen molar-refractivity contribution in [1.29, 1.82) is 0 Å². The van der Waals surface area contributed by atoms with Gasteiger partial charge in [-0.15, -0.1) is 11.8 Å². The molecule has 4 aliphatic rings. The van der Waals surface area contributed by atoms with E-state index in [0.717, 1.165) is 5.75 Å². The van der Waals surface area contributed by atoms with Crippen LogP contribution in [-0.2, 0) is 28.5 Å². The average molecular weight is 337 g/mol. The van der Waals surface area contributed by atoms with Crippen LogP contribution in [0.2, 0.25) is 0 Å². The lowest BCUT2D eigenvalue weighted by atomic mass is 9.88. The molecule has 0 aromatic heterocycles. The molecular weight excluding hydrogens is 318 g/mol. The third-order valence-electron chi connectivity index (χ3n) is 4.50. The first kappa shape index (κ1) is 14.7. The highest BCUT2D eigenvalue weighted by Gasteiger charge is 2.80. The zero-order valence-corrected chi connectivity index (χ0v) is 13.8. The number of fused-ring (bicyclic) bond motifs is 1. The molecule has 9 heteroatoms. The van der Waals surface area contributed by atoms with Gasteiger partial charge in [-0.05, 0) is 19.6 Å². The van der Waals surface area contributed by atoms with Gasteiger partial charge >= 0.3 is 0 Å². The molecule has 0 aliphatic carbocycles. The minimum atomic E-state index is -3.62. The van der Waals surface area contributed by atoms with Crippen molar-refractivity contribution in [2.45, 2.75) is 55.5 Å². The summed E-state index contributed by atoms with van der Waals surface area (Å²) >= 11 is 1.54. The minimum Gasteiger partial charge on any atom is -0.342 e. The first-order chi connectivity index (χ1) is 9.74. The molecule has 4 aliphatic heterocycles. The molecule has 1 N–H and O–H groups in total. The SMILES string of the molecule is CCS[C@]12CS(=O)(=O)O[C@@]13[C@@H](CN2)O[C@@H]1OC(C)(C)O[C@@H]13. The van der Waals surface area contributed by atoms with E-state index in [1.165, 1.54) is 0 Å². The normalized spacial score (nSPS) is 52.6. The van der Waals surface area contributed by atoms with Crippen LogP contribution in [0, 0.1) is 0 Å². The van der Waals surface area contributed by atoms with E-state index in [0.29, 0.717) is 6.54 Å². The molecule has 0 aromatic carbocycles. The molecule has 120 valence electrons. The third kappa shape index (κ3) is 1.76. The standard InChI is InChI=1S/C12H19NO6S2/c1-4-20-11-6-21(14,15)19-12(11)7(5-13-11)16-9-8(12)17-10(2,3)18-9/h7-9,13H,4-6H2,1-3H3/t7-,8+,9-,11-,12-/m1/s1. The second-order valence-electron chi connectivity index (χ2n) is 6.27. The van der Waals surface area contributed by atoms with Crippen LogP contribution in [0.4, 0.5) is 0 Å². The quantitative estimate of drug-likeness (QED) is 0.706. The lowest BCUT2D eigenvalue weighted by Crippen LogP contribution is -2.61. The highest BCUT2D eigenvalue weighted by atomic mass is 32.2. The van der Waals surface area contributed by atoms with Crippen molar-refractivity contribution in [3.8, 4) is 0 Å². The van der Waals surface area contributed by atoms with E-state index >= 15 is 0 Å². The molecule has 0 aromatic rings. The van der Waals surface area contributed by atoms with Gasteiger partial charge in [-0.1, -0.05) is 6.92 Å². The van der Waals surface area contributed by atoms with Crippen LogP contribution in [0.5, 0.6) is 0 Å². The summed E-state index contributed by atoms with van der Waals surface area (Å²) in [5, 5.41) is 3.32. The summed E-state index contributed by atoms with van der Waals surface area (Å²) < 4.78 is 47.6. The van der Waals surface area contributed by atoms with E-state index in [4.69, 9.17) is 18.4 Å². The fourth-order valence-corrected chi connectivity index (χ4v) is 7.58. The van der Waals surface area contributed by atoms with Crippen LogP contribution < -0.4 is 5.32 Å². The Balaban J connectivity index is 1.82. The summed E-state index contributed by atoms with van der Waals surface area (Å²) in [4.78, 5) is -0.742. The highest BCUT2D eigenvalue weighted by molar-refractivity contribution is 8.02. The maximum Gasteiger partial charge on any atom is 0.270 e. The summed E-state index contributed by atoms with van der Waals surface area (Å²) in [7, 11) is -3.62. The lowest BCUT2D eigenvalue weighted by molar-refractivity contribution is -0.219. The largest absolute Gasteiger partial charge is 0.342 e. The van der Waals surface area contributed by atoms with Crippen LogP contribution in [0.25, 0.3) is 0 Å².